The molecule has 1 saturated heterocycles. The van der Waals surface area contributed by atoms with Crippen molar-refractivity contribution in [2.75, 3.05) is 13.1 Å². The van der Waals surface area contributed by atoms with Crippen molar-refractivity contribution in [3.05, 3.63) is 36.5 Å². The molecule has 1 heteroatoms. The van der Waals surface area contributed by atoms with Crippen molar-refractivity contribution in [3.8, 4) is 0 Å². The van der Waals surface area contributed by atoms with Crippen molar-refractivity contribution in [1.82, 2.24) is 5.32 Å². The lowest BCUT2D eigenvalue weighted by atomic mass is 10.0. The molecule has 16 heavy (non-hydrogen) atoms. The van der Waals surface area contributed by atoms with Gasteiger partial charge in [-0.3, -0.25) is 0 Å². The molecule has 1 aliphatic heterocycles. The van der Waals surface area contributed by atoms with Crippen molar-refractivity contribution in [2.45, 2.75) is 40.0 Å². The number of allylic oxidation sites excluding steroid dienone is 6. The number of hydrogen-bond acceptors (Lipinski definition) is 1. The summed E-state index contributed by atoms with van der Waals surface area (Å²) >= 11 is 0. The largest absolute Gasteiger partial charge is 0.317 e. The normalized spacial score (nSPS) is 18.9. The smallest absolute Gasteiger partial charge is 0.00464 e. The Kier molecular flexibility index (Phi) is 11.6. The van der Waals surface area contributed by atoms with Gasteiger partial charge in [0.25, 0.3) is 0 Å². The van der Waals surface area contributed by atoms with E-state index in [0.29, 0.717) is 0 Å². The van der Waals surface area contributed by atoms with Crippen molar-refractivity contribution >= 4 is 0 Å². The van der Waals surface area contributed by atoms with E-state index in [1.807, 2.05) is 26.0 Å². The number of piperidine rings is 1. The fraction of sp³-hybridized carbons (Fsp3) is 0.600. The molecular weight excluding hydrogens is 194 g/mol. The van der Waals surface area contributed by atoms with Crippen LogP contribution in [0.1, 0.15) is 40.0 Å². The van der Waals surface area contributed by atoms with Crippen LogP contribution in [0.3, 0.4) is 0 Å². The molecule has 0 amide bonds. The van der Waals surface area contributed by atoms with E-state index in [2.05, 4.69) is 36.5 Å². The van der Waals surface area contributed by atoms with E-state index in [1.54, 1.807) is 0 Å². The van der Waals surface area contributed by atoms with Gasteiger partial charge in [0.2, 0.25) is 0 Å². The van der Waals surface area contributed by atoms with E-state index in [-0.39, 0.29) is 0 Å². The molecule has 1 fully saturated rings. The van der Waals surface area contributed by atoms with Crippen LogP contribution in [-0.4, -0.2) is 13.1 Å². The van der Waals surface area contributed by atoms with Crippen LogP contribution in [0.25, 0.3) is 0 Å². The Hall–Kier alpha value is -0.820. The van der Waals surface area contributed by atoms with Crippen molar-refractivity contribution in [2.24, 2.45) is 5.92 Å². The summed E-state index contributed by atoms with van der Waals surface area (Å²) in [6.45, 7) is 8.79. The fourth-order valence-electron chi connectivity index (χ4n) is 1.49. The van der Waals surface area contributed by atoms with Crippen molar-refractivity contribution in [3.63, 3.8) is 0 Å². The minimum Gasteiger partial charge on any atom is -0.317 e. The molecule has 1 heterocycles. The molecule has 0 saturated carbocycles. The van der Waals surface area contributed by atoms with Gasteiger partial charge in [0.15, 0.2) is 0 Å². The van der Waals surface area contributed by atoms with Gasteiger partial charge in [-0.25, -0.2) is 0 Å². The second-order valence-corrected chi connectivity index (χ2v) is 3.91. The average Bonchev–Trinajstić information content (AvgIpc) is 2.65. The van der Waals surface area contributed by atoms with Crippen LogP contribution < -0.4 is 5.32 Å². The van der Waals surface area contributed by atoms with E-state index in [0.717, 1.165) is 12.3 Å². The molecule has 0 radical (unpaired) electrons. The molecular formula is C15H27N. The van der Waals surface area contributed by atoms with Gasteiger partial charge in [0.05, 0.1) is 0 Å². The third-order valence-corrected chi connectivity index (χ3v) is 2.51. The van der Waals surface area contributed by atoms with Crippen molar-refractivity contribution in [1.29, 1.82) is 0 Å². The summed E-state index contributed by atoms with van der Waals surface area (Å²) in [5.74, 6) is 0.973. The first-order valence-corrected chi connectivity index (χ1v) is 6.58. The Morgan fingerprint density at radius 1 is 0.875 bits per heavy atom. The van der Waals surface area contributed by atoms with Crippen molar-refractivity contribution < 1.29 is 0 Å². The van der Waals surface area contributed by atoms with Gasteiger partial charge in [0.1, 0.15) is 0 Å². The highest BCUT2D eigenvalue weighted by Crippen LogP contribution is 2.08. The third-order valence-electron chi connectivity index (χ3n) is 2.51. The molecule has 0 aromatic rings. The van der Waals surface area contributed by atoms with Crippen LogP contribution in [0.4, 0.5) is 0 Å². The standard InChI is InChI=1S/C7H8.C6H13N.C2H6/c1-2-4-6-7-5-3-1;1-6-2-4-7-5-3-6;1-2/h1-6H,7H2;6-7H,2-5H2,1H3;1-2H3. The molecule has 1 N–H and O–H groups in total. The van der Waals surface area contributed by atoms with Gasteiger partial charge in [-0.2, -0.15) is 0 Å². The van der Waals surface area contributed by atoms with E-state index in [9.17, 15) is 0 Å². The zero-order chi connectivity index (χ0) is 12.1. The molecule has 2 aliphatic rings. The Morgan fingerprint density at radius 2 is 1.38 bits per heavy atom. The second-order valence-electron chi connectivity index (χ2n) is 3.91. The van der Waals surface area contributed by atoms with E-state index < -0.39 is 0 Å². The molecule has 0 bridgehead atoms. The van der Waals surface area contributed by atoms with Crippen LogP contribution in [0.15, 0.2) is 36.5 Å². The predicted octanol–water partition coefficient (Wildman–Crippen LogP) is 4.09. The Labute approximate surface area is 101 Å². The monoisotopic (exact) mass is 221 g/mol. The van der Waals surface area contributed by atoms with Gasteiger partial charge in [0, 0.05) is 0 Å². The first kappa shape index (κ1) is 15.2. The molecule has 0 atom stereocenters. The minimum absolute atomic E-state index is 0.973. The third kappa shape index (κ3) is 9.72. The van der Waals surface area contributed by atoms with Crippen LogP contribution >= 0.6 is 0 Å². The number of hydrogen-bond donors (Lipinski definition) is 1. The molecule has 2 rings (SSSR count). The SMILES string of the molecule is C1=CC=CCC=C1.CC.CC1CCNCC1. The first-order chi connectivity index (χ1) is 7.89. The highest BCUT2D eigenvalue weighted by Gasteiger charge is 2.04. The van der Waals surface area contributed by atoms with Crippen LogP contribution in [-0.2, 0) is 0 Å². The maximum atomic E-state index is 3.32. The lowest BCUT2D eigenvalue weighted by molar-refractivity contribution is 0.402. The van der Waals surface area contributed by atoms with Gasteiger partial charge in [-0.05, 0) is 38.3 Å². The quantitative estimate of drug-likeness (QED) is 0.649. The lowest BCUT2D eigenvalue weighted by Crippen LogP contribution is -2.26. The van der Waals surface area contributed by atoms with Gasteiger partial charge >= 0.3 is 0 Å². The Balaban J connectivity index is 0.000000244. The Bertz CT molecular complexity index is 193. The molecule has 1 aliphatic carbocycles. The second kappa shape index (κ2) is 12.3. The topological polar surface area (TPSA) is 12.0 Å². The zero-order valence-corrected chi connectivity index (χ0v) is 11.1. The van der Waals surface area contributed by atoms with Gasteiger partial charge in [-0.1, -0.05) is 57.2 Å². The van der Waals surface area contributed by atoms with E-state index in [1.165, 1.54) is 25.9 Å². The maximum Gasteiger partial charge on any atom is -0.00464 e. The Morgan fingerprint density at radius 3 is 1.75 bits per heavy atom. The van der Waals surface area contributed by atoms with Gasteiger partial charge in [-0.15, -0.1) is 0 Å². The van der Waals surface area contributed by atoms with Gasteiger partial charge < -0.3 is 5.32 Å². The molecule has 1 nitrogen and oxygen atoms in total. The molecule has 0 aromatic carbocycles. The number of rotatable bonds is 0. The lowest BCUT2D eigenvalue weighted by Gasteiger charge is -2.17. The summed E-state index contributed by atoms with van der Waals surface area (Å²) < 4.78 is 0. The number of nitrogens with one attached hydrogen (secondary N) is 1. The average molecular weight is 221 g/mol. The molecule has 92 valence electrons. The summed E-state index contributed by atoms with van der Waals surface area (Å²) in [4.78, 5) is 0. The summed E-state index contributed by atoms with van der Waals surface area (Å²) in [5.41, 5.74) is 0. The highest BCUT2D eigenvalue weighted by molar-refractivity contribution is 5.16. The minimum atomic E-state index is 0.973. The molecule has 0 unspecified atom stereocenters. The van der Waals surface area contributed by atoms with E-state index in [4.69, 9.17) is 0 Å². The summed E-state index contributed by atoms with van der Waals surface area (Å²) in [6, 6.07) is 0. The molecule has 0 spiro atoms. The van der Waals surface area contributed by atoms with E-state index >= 15 is 0 Å². The summed E-state index contributed by atoms with van der Waals surface area (Å²) in [7, 11) is 0. The maximum absolute atomic E-state index is 3.32. The fourth-order valence-corrected chi connectivity index (χ4v) is 1.49. The van der Waals surface area contributed by atoms with Crippen LogP contribution in [0, 0.1) is 5.92 Å². The molecule has 0 aromatic heterocycles. The highest BCUT2D eigenvalue weighted by atomic mass is 14.9. The van der Waals surface area contributed by atoms with Crippen LogP contribution in [0.5, 0.6) is 0 Å². The first-order valence-electron chi connectivity index (χ1n) is 6.58. The zero-order valence-electron chi connectivity index (χ0n) is 11.1. The predicted molar refractivity (Wildman–Crippen MR) is 74.7 cm³/mol. The summed E-state index contributed by atoms with van der Waals surface area (Å²) in [5, 5.41) is 3.32. The summed E-state index contributed by atoms with van der Waals surface area (Å²) in [6.07, 6.45) is 16.2. The van der Waals surface area contributed by atoms with Crippen LogP contribution in [0.2, 0.25) is 0 Å².